The first-order valence-corrected chi connectivity index (χ1v) is 8.20. The van der Waals surface area contributed by atoms with E-state index in [-0.39, 0.29) is 0 Å². The van der Waals surface area contributed by atoms with Crippen molar-refractivity contribution in [3.63, 3.8) is 0 Å². The van der Waals surface area contributed by atoms with Gasteiger partial charge in [0.05, 0.1) is 18.8 Å². The van der Waals surface area contributed by atoms with E-state index in [9.17, 15) is 9.59 Å². The Morgan fingerprint density at radius 2 is 1.64 bits per heavy atom. The number of hydrogen-bond donors (Lipinski definition) is 0. The van der Waals surface area contributed by atoms with Crippen LogP contribution in [-0.2, 0) is 6.54 Å². The van der Waals surface area contributed by atoms with E-state index >= 15 is 0 Å². The third kappa shape index (κ3) is 3.55. The summed E-state index contributed by atoms with van der Waals surface area (Å²) in [7, 11) is 0. The molecular formula is C20H20N2O3. The molecule has 1 aromatic heterocycles. The summed E-state index contributed by atoms with van der Waals surface area (Å²) >= 11 is 0. The van der Waals surface area contributed by atoms with Crippen molar-refractivity contribution in [2.24, 2.45) is 0 Å². The van der Waals surface area contributed by atoms with Crippen LogP contribution in [0.5, 0.6) is 5.75 Å². The van der Waals surface area contributed by atoms with Gasteiger partial charge >= 0.3 is 11.1 Å². The molecule has 0 bridgehead atoms. The molecule has 5 nitrogen and oxygen atoms in total. The molecule has 0 aliphatic heterocycles. The Balaban J connectivity index is 2.00. The van der Waals surface area contributed by atoms with Crippen molar-refractivity contribution in [2.45, 2.75) is 20.4 Å². The molecule has 128 valence electrons. The Morgan fingerprint density at radius 1 is 0.920 bits per heavy atom. The van der Waals surface area contributed by atoms with Crippen LogP contribution in [0.1, 0.15) is 18.1 Å². The second-order valence-corrected chi connectivity index (χ2v) is 5.79. The van der Waals surface area contributed by atoms with Gasteiger partial charge in [-0.05, 0) is 31.5 Å². The Hall–Kier alpha value is -3.08. The molecule has 0 aliphatic carbocycles. The average Bonchev–Trinajstić information content (AvgIpc) is 2.62. The molecule has 3 rings (SSSR count). The summed E-state index contributed by atoms with van der Waals surface area (Å²) in [6.45, 7) is 4.73. The Labute approximate surface area is 145 Å². The summed E-state index contributed by atoms with van der Waals surface area (Å²) in [6, 6.07) is 15.1. The first-order valence-electron chi connectivity index (χ1n) is 8.20. The lowest BCUT2D eigenvalue weighted by atomic mass is 10.1. The van der Waals surface area contributed by atoms with Crippen molar-refractivity contribution in [3.05, 3.63) is 92.8 Å². The number of rotatable bonds is 5. The Morgan fingerprint density at radius 3 is 2.36 bits per heavy atom. The molecule has 5 heteroatoms. The van der Waals surface area contributed by atoms with E-state index in [1.54, 1.807) is 24.5 Å². The summed E-state index contributed by atoms with van der Waals surface area (Å²) < 4.78 is 8.31. The highest BCUT2D eigenvalue weighted by molar-refractivity contribution is 5.46. The highest BCUT2D eigenvalue weighted by atomic mass is 16.5. The lowest BCUT2D eigenvalue weighted by Gasteiger charge is -2.13. The van der Waals surface area contributed by atoms with Crippen molar-refractivity contribution in [3.8, 4) is 11.4 Å². The Kier molecular flexibility index (Phi) is 4.84. The molecule has 0 radical (unpaired) electrons. The average molecular weight is 336 g/mol. The van der Waals surface area contributed by atoms with Crippen LogP contribution in [0, 0.1) is 6.92 Å². The molecular weight excluding hydrogens is 316 g/mol. The van der Waals surface area contributed by atoms with Gasteiger partial charge in [-0.15, -0.1) is 0 Å². The van der Waals surface area contributed by atoms with Crippen LogP contribution < -0.4 is 15.9 Å². The zero-order valence-corrected chi connectivity index (χ0v) is 14.3. The largest absolute Gasteiger partial charge is 0.492 e. The minimum atomic E-state index is -0.596. The van der Waals surface area contributed by atoms with Gasteiger partial charge in [-0.1, -0.05) is 42.0 Å². The number of aryl methyl sites for hydroxylation is 1. The van der Waals surface area contributed by atoms with E-state index in [0.29, 0.717) is 24.6 Å². The molecule has 0 amide bonds. The zero-order valence-electron chi connectivity index (χ0n) is 14.3. The van der Waals surface area contributed by atoms with Crippen LogP contribution in [0.4, 0.5) is 0 Å². The molecule has 0 atom stereocenters. The Bertz CT molecular complexity index is 985. The number of benzene rings is 2. The quantitative estimate of drug-likeness (QED) is 0.673. The predicted octanol–water partition coefficient (Wildman–Crippen LogP) is 2.75. The monoisotopic (exact) mass is 336 g/mol. The summed E-state index contributed by atoms with van der Waals surface area (Å²) in [4.78, 5) is 25.1. The van der Waals surface area contributed by atoms with Gasteiger partial charge in [0.15, 0.2) is 0 Å². The number of hydrogen-bond acceptors (Lipinski definition) is 3. The smallest absolute Gasteiger partial charge is 0.321 e. The van der Waals surface area contributed by atoms with Crippen LogP contribution in [0.25, 0.3) is 5.69 Å². The molecule has 0 spiro atoms. The minimum absolute atomic E-state index is 0.363. The molecule has 0 aliphatic rings. The fourth-order valence-corrected chi connectivity index (χ4v) is 2.65. The van der Waals surface area contributed by atoms with E-state index in [1.807, 2.05) is 50.2 Å². The third-order valence-electron chi connectivity index (χ3n) is 3.96. The van der Waals surface area contributed by atoms with Crippen LogP contribution in [0.15, 0.2) is 70.5 Å². The van der Waals surface area contributed by atoms with Crippen molar-refractivity contribution < 1.29 is 4.74 Å². The van der Waals surface area contributed by atoms with Crippen molar-refractivity contribution in [1.82, 2.24) is 9.13 Å². The second kappa shape index (κ2) is 7.21. The summed E-state index contributed by atoms with van der Waals surface area (Å²) in [5.41, 5.74) is 1.53. The van der Waals surface area contributed by atoms with E-state index in [2.05, 4.69) is 0 Å². The molecule has 0 saturated heterocycles. The van der Waals surface area contributed by atoms with Gasteiger partial charge in [-0.2, -0.15) is 0 Å². The molecule has 25 heavy (non-hydrogen) atoms. The summed E-state index contributed by atoms with van der Waals surface area (Å²) in [5, 5.41) is 0. The fourth-order valence-electron chi connectivity index (χ4n) is 2.65. The maximum Gasteiger partial charge on any atom is 0.321 e. The van der Waals surface area contributed by atoms with Gasteiger partial charge in [0.1, 0.15) is 5.75 Å². The SMILES string of the molecule is CCOc1ccccc1-n1ccn(Cc2ccc(C)cc2)c(=O)c1=O. The van der Waals surface area contributed by atoms with Crippen molar-refractivity contribution in [2.75, 3.05) is 6.61 Å². The topological polar surface area (TPSA) is 53.2 Å². The molecule has 0 N–H and O–H groups in total. The summed E-state index contributed by atoms with van der Waals surface area (Å²) in [6.07, 6.45) is 3.24. The number of para-hydroxylation sites is 2. The lowest BCUT2D eigenvalue weighted by Crippen LogP contribution is -2.40. The first-order chi connectivity index (χ1) is 12.1. The number of ether oxygens (including phenoxy) is 1. The number of aromatic nitrogens is 2. The zero-order chi connectivity index (χ0) is 17.8. The van der Waals surface area contributed by atoms with E-state index < -0.39 is 11.1 Å². The summed E-state index contributed by atoms with van der Waals surface area (Å²) in [5.74, 6) is 0.572. The molecule has 0 unspecified atom stereocenters. The molecule has 0 fully saturated rings. The van der Waals surface area contributed by atoms with Crippen molar-refractivity contribution in [1.29, 1.82) is 0 Å². The van der Waals surface area contributed by atoms with Gasteiger partial charge in [0, 0.05) is 12.4 Å². The van der Waals surface area contributed by atoms with E-state index in [1.165, 1.54) is 9.13 Å². The molecule has 2 aromatic carbocycles. The predicted molar refractivity (Wildman–Crippen MR) is 97.7 cm³/mol. The standard InChI is InChI=1S/C20H20N2O3/c1-3-25-18-7-5-4-6-17(18)22-13-12-21(19(23)20(22)24)14-16-10-8-15(2)9-11-16/h4-13H,3,14H2,1-2H3. The molecule has 1 heterocycles. The van der Waals surface area contributed by atoms with Crippen LogP contribution >= 0.6 is 0 Å². The second-order valence-electron chi connectivity index (χ2n) is 5.79. The normalized spacial score (nSPS) is 10.6. The highest BCUT2D eigenvalue weighted by Crippen LogP contribution is 2.20. The van der Waals surface area contributed by atoms with Gasteiger partial charge in [-0.3, -0.25) is 14.2 Å². The molecule has 3 aromatic rings. The van der Waals surface area contributed by atoms with Gasteiger partial charge < -0.3 is 9.30 Å². The lowest BCUT2D eigenvalue weighted by molar-refractivity contribution is 0.339. The maximum atomic E-state index is 12.6. The maximum absolute atomic E-state index is 12.6. The van der Waals surface area contributed by atoms with Gasteiger partial charge in [0.2, 0.25) is 0 Å². The first kappa shape index (κ1) is 16.8. The van der Waals surface area contributed by atoms with Gasteiger partial charge in [0.25, 0.3) is 0 Å². The van der Waals surface area contributed by atoms with Crippen molar-refractivity contribution >= 4 is 0 Å². The highest BCUT2D eigenvalue weighted by Gasteiger charge is 2.11. The van der Waals surface area contributed by atoms with Crippen LogP contribution in [-0.4, -0.2) is 15.7 Å². The van der Waals surface area contributed by atoms with Crippen LogP contribution in [0.3, 0.4) is 0 Å². The third-order valence-corrected chi connectivity index (χ3v) is 3.96. The van der Waals surface area contributed by atoms with Gasteiger partial charge in [-0.25, -0.2) is 0 Å². The minimum Gasteiger partial charge on any atom is -0.492 e. The van der Waals surface area contributed by atoms with Crippen LogP contribution in [0.2, 0.25) is 0 Å². The van der Waals surface area contributed by atoms with E-state index in [0.717, 1.165) is 11.1 Å². The number of nitrogens with zero attached hydrogens (tertiary/aromatic N) is 2. The van der Waals surface area contributed by atoms with E-state index in [4.69, 9.17) is 4.74 Å². The molecule has 0 saturated carbocycles. The fraction of sp³-hybridized carbons (Fsp3) is 0.200.